The van der Waals surface area contributed by atoms with Gasteiger partial charge in [0, 0.05) is 17.0 Å². The number of carbonyl (C=O) groups excluding carboxylic acids is 2. The smallest absolute Gasteiger partial charge is 0.296 e. The van der Waals surface area contributed by atoms with Crippen molar-refractivity contribution in [2.45, 2.75) is 13.0 Å². The molecule has 5 rings (SSSR count). The van der Waals surface area contributed by atoms with Crippen LogP contribution in [0.5, 0.6) is 5.75 Å². The molecule has 3 aromatic heterocycles. The van der Waals surface area contributed by atoms with Gasteiger partial charge in [-0.1, -0.05) is 12.1 Å². The number of Topliss-reactive ketones (excluding diaryl/α,β-unsaturated/α-hetero) is 1. The number of ketones is 1. The Hall–Kier alpha value is -3.85. The maximum absolute atomic E-state index is 13.5. The molecule has 1 unspecified atom stereocenters. The maximum Gasteiger partial charge on any atom is 0.296 e. The minimum atomic E-state index is -0.977. The van der Waals surface area contributed by atoms with E-state index in [0.29, 0.717) is 33.4 Å². The Morgan fingerprint density at radius 1 is 1.26 bits per heavy atom. The summed E-state index contributed by atoms with van der Waals surface area (Å²) in [4.78, 5) is 31.9. The minimum Gasteiger partial charge on any atom is -0.503 e. The summed E-state index contributed by atoms with van der Waals surface area (Å²) in [6.45, 7) is 1.75. The highest BCUT2D eigenvalue weighted by Crippen LogP contribution is 2.43. The predicted octanol–water partition coefficient (Wildman–Crippen LogP) is 4.58. The number of furan rings is 2. The van der Waals surface area contributed by atoms with Crippen molar-refractivity contribution in [1.82, 2.24) is 4.98 Å². The highest BCUT2D eigenvalue weighted by molar-refractivity contribution is 7.13. The number of carbonyl (C=O) groups is 2. The summed E-state index contributed by atoms with van der Waals surface area (Å²) in [5, 5.41) is 13.4. The number of methoxy groups -OCH3 is 1. The highest BCUT2D eigenvalue weighted by atomic mass is 32.1. The first kappa shape index (κ1) is 19.1. The van der Waals surface area contributed by atoms with Gasteiger partial charge in [-0.15, -0.1) is 11.3 Å². The zero-order chi connectivity index (χ0) is 21.7. The van der Waals surface area contributed by atoms with Crippen molar-refractivity contribution in [2.75, 3.05) is 12.0 Å². The number of benzene rings is 1. The van der Waals surface area contributed by atoms with Gasteiger partial charge in [0.15, 0.2) is 28.0 Å². The third-order valence-electron chi connectivity index (χ3n) is 5.06. The molecule has 0 saturated heterocycles. The van der Waals surface area contributed by atoms with Gasteiger partial charge in [-0.25, -0.2) is 4.98 Å². The molecule has 0 fully saturated rings. The quantitative estimate of drug-likeness (QED) is 0.456. The van der Waals surface area contributed by atoms with Crippen LogP contribution in [0.2, 0.25) is 0 Å². The van der Waals surface area contributed by atoms with Gasteiger partial charge in [0.2, 0.25) is 5.78 Å². The van der Waals surface area contributed by atoms with E-state index in [0.717, 1.165) is 0 Å². The zero-order valence-electron chi connectivity index (χ0n) is 16.5. The van der Waals surface area contributed by atoms with Crippen LogP contribution < -0.4 is 9.64 Å². The van der Waals surface area contributed by atoms with E-state index in [4.69, 9.17) is 13.6 Å². The zero-order valence-corrected chi connectivity index (χ0v) is 17.3. The Kier molecular flexibility index (Phi) is 4.40. The lowest BCUT2D eigenvalue weighted by molar-refractivity contribution is -0.117. The molecule has 1 aliphatic heterocycles. The molecule has 0 spiro atoms. The molecule has 1 amide bonds. The minimum absolute atomic E-state index is 0.0249. The summed E-state index contributed by atoms with van der Waals surface area (Å²) in [7, 11) is 1.50. The van der Waals surface area contributed by atoms with E-state index in [1.807, 2.05) is 0 Å². The number of hydrogen-bond acceptors (Lipinski definition) is 8. The number of thiazole rings is 1. The molecule has 31 heavy (non-hydrogen) atoms. The molecule has 8 nitrogen and oxygen atoms in total. The number of rotatable bonds is 5. The number of ether oxygens (including phenoxy) is 1. The lowest BCUT2D eigenvalue weighted by Crippen LogP contribution is -2.30. The average Bonchev–Trinajstić information content (AvgIpc) is 3.54. The van der Waals surface area contributed by atoms with Crippen molar-refractivity contribution in [3.05, 3.63) is 76.6 Å². The topological polar surface area (TPSA) is 106 Å². The van der Waals surface area contributed by atoms with Crippen LogP contribution in [0.25, 0.3) is 11.0 Å². The van der Waals surface area contributed by atoms with Crippen LogP contribution in [0.4, 0.5) is 5.13 Å². The number of amides is 1. The van der Waals surface area contributed by atoms with Gasteiger partial charge in [-0.05, 0) is 31.2 Å². The van der Waals surface area contributed by atoms with Crippen LogP contribution in [-0.2, 0) is 4.79 Å². The molecular formula is C22H16N2O6S. The second-order valence-electron chi connectivity index (χ2n) is 6.92. The summed E-state index contributed by atoms with van der Waals surface area (Å²) in [6.07, 6.45) is 1.54. The summed E-state index contributed by atoms with van der Waals surface area (Å²) in [6, 6.07) is 9.25. The fraction of sp³-hybridized carbons (Fsp3) is 0.136. The van der Waals surface area contributed by atoms with Gasteiger partial charge >= 0.3 is 0 Å². The second-order valence-corrected chi connectivity index (χ2v) is 7.79. The van der Waals surface area contributed by atoms with E-state index >= 15 is 0 Å². The van der Waals surface area contributed by atoms with Crippen molar-refractivity contribution in [2.24, 2.45) is 0 Å². The number of anilines is 1. The summed E-state index contributed by atoms with van der Waals surface area (Å²) in [5.74, 6) is -0.627. The molecule has 0 saturated carbocycles. The van der Waals surface area contributed by atoms with Gasteiger partial charge < -0.3 is 18.7 Å². The fourth-order valence-electron chi connectivity index (χ4n) is 3.68. The van der Waals surface area contributed by atoms with Crippen molar-refractivity contribution < 1.29 is 28.3 Å². The molecule has 1 aliphatic rings. The standard InChI is InChI=1S/C22H16N2O6S/c1-11-6-7-13(29-11)17-16(19(26)21(27)24(17)22-23-8-9-31-22)18(25)15-10-12-4-3-5-14(28-2)20(12)30-15/h3-10,17,26H,1-2H3. The van der Waals surface area contributed by atoms with Crippen LogP contribution in [0.15, 0.2) is 68.1 Å². The summed E-state index contributed by atoms with van der Waals surface area (Å²) >= 11 is 1.21. The summed E-state index contributed by atoms with van der Waals surface area (Å²) in [5.41, 5.74) is 0.271. The predicted molar refractivity (Wildman–Crippen MR) is 113 cm³/mol. The first-order chi connectivity index (χ1) is 15.0. The Morgan fingerprint density at radius 2 is 2.10 bits per heavy atom. The molecule has 0 radical (unpaired) electrons. The van der Waals surface area contributed by atoms with Crippen LogP contribution in [-0.4, -0.2) is 28.9 Å². The lowest BCUT2D eigenvalue weighted by atomic mass is 10.00. The van der Waals surface area contributed by atoms with Crippen LogP contribution >= 0.6 is 11.3 Å². The first-order valence-electron chi connectivity index (χ1n) is 9.33. The number of nitrogens with zero attached hydrogens (tertiary/aromatic N) is 2. The number of aryl methyl sites for hydroxylation is 1. The van der Waals surface area contributed by atoms with Crippen molar-refractivity contribution in [3.63, 3.8) is 0 Å². The van der Waals surface area contributed by atoms with E-state index in [2.05, 4.69) is 4.98 Å². The number of para-hydroxylation sites is 1. The fourth-order valence-corrected chi connectivity index (χ4v) is 4.35. The third-order valence-corrected chi connectivity index (χ3v) is 5.83. The molecule has 9 heteroatoms. The molecule has 0 bridgehead atoms. The van der Waals surface area contributed by atoms with Gasteiger partial charge in [0.05, 0.1) is 12.7 Å². The normalized spacial score (nSPS) is 16.5. The maximum atomic E-state index is 13.5. The molecule has 0 aliphatic carbocycles. The lowest BCUT2D eigenvalue weighted by Gasteiger charge is -2.21. The van der Waals surface area contributed by atoms with Gasteiger partial charge in [0.25, 0.3) is 5.91 Å². The average molecular weight is 436 g/mol. The van der Waals surface area contributed by atoms with E-state index in [-0.39, 0.29) is 11.3 Å². The number of aliphatic hydroxyl groups is 1. The molecule has 1 N–H and O–H groups in total. The Morgan fingerprint density at radius 3 is 2.77 bits per heavy atom. The number of fused-ring (bicyclic) bond motifs is 1. The number of aliphatic hydroxyl groups excluding tert-OH is 1. The SMILES string of the molecule is COc1cccc2cc(C(=O)C3=C(O)C(=O)N(c4nccs4)C3c3ccc(C)o3)oc12. The molecule has 1 atom stereocenters. The van der Waals surface area contributed by atoms with Gasteiger partial charge in [-0.2, -0.15) is 0 Å². The molecule has 156 valence electrons. The molecule has 1 aromatic carbocycles. The Bertz CT molecular complexity index is 1350. The molecule has 4 aromatic rings. The second kappa shape index (κ2) is 7.13. The number of hydrogen-bond donors (Lipinski definition) is 1. The van der Waals surface area contributed by atoms with E-state index < -0.39 is 23.5 Å². The van der Waals surface area contributed by atoms with E-state index in [1.54, 1.807) is 54.9 Å². The molecule has 4 heterocycles. The van der Waals surface area contributed by atoms with Gasteiger partial charge in [0.1, 0.15) is 17.6 Å². The summed E-state index contributed by atoms with van der Waals surface area (Å²) < 4.78 is 16.8. The van der Waals surface area contributed by atoms with Crippen LogP contribution in [0, 0.1) is 6.92 Å². The Balaban J connectivity index is 1.65. The van der Waals surface area contributed by atoms with Crippen molar-refractivity contribution >= 4 is 39.1 Å². The van der Waals surface area contributed by atoms with Crippen LogP contribution in [0.3, 0.4) is 0 Å². The van der Waals surface area contributed by atoms with Crippen LogP contribution in [0.1, 0.15) is 28.1 Å². The van der Waals surface area contributed by atoms with E-state index in [9.17, 15) is 14.7 Å². The van der Waals surface area contributed by atoms with Gasteiger partial charge in [-0.3, -0.25) is 14.5 Å². The highest BCUT2D eigenvalue weighted by Gasteiger charge is 2.47. The van der Waals surface area contributed by atoms with Crippen molar-refractivity contribution in [3.8, 4) is 5.75 Å². The molecular weight excluding hydrogens is 420 g/mol. The largest absolute Gasteiger partial charge is 0.503 e. The third kappa shape index (κ3) is 2.93. The number of aromatic nitrogens is 1. The van der Waals surface area contributed by atoms with Crippen molar-refractivity contribution in [1.29, 1.82) is 0 Å². The van der Waals surface area contributed by atoms with E-state index in [1.165, 1.54) is 23.3 Å². The first-order valence-corrected chi connectivity index (χ1v) is 10.2. The monoisotopic (exact) mass is 436 g/mol. The Labute approximate surface area is 180 Å².